The molecule has 2 aliphatic carbocycles. The summed E-state index contributed by atoms with van der Waals surface area (Å²) in [6.07, 6.45) is 1.61. The largest absolute Gasteiger partial charge is 0.481 e. The minimum absolute atomic E-state index is 0.0548. The normalized spacial score (nSPS) is 17.2. The number of carbonyl (C=O) groups excluding carboxylic acids is 2. The third kappa shape index (κ3) is 4.93. The summed E-state index contributed by atoms with van der Waals surface area (Å²) < 4.78 is 16.8. The van der Waals surface area contributed by atoms with E-state index in [9.17, 15) is 23.7 Å². The Labute approximate surface area is 194 Å². The van der Waals surface area contributed by atoms with Crippen molar-refractivity contribution in [2.45, 2.75) is 36.0 Å². The van der Waals surface area contributed by atoms with Crippen LogP contribution in [0.5, 0.6) is 0 Å². The van der Waals surface area contributed by atoms with Gasteiger partial charge in [0.1, 0.15) is 12.6 Å². The van der Waals surface area contributed by atoms with E-state index >= 15 is 0 Å². The molecule has 2 aromatic carbocycles. The first kappa shape index (κ1) is 23.0. The summed E-state index contributed by atoms with van der Waals surface area (Å²) in [5, 5.41) is 14.2. The highest BCUT2D eigenvalue weighted by atomic mass is 32.2. The number of hydrogen-bond donors (Lipinski definition) is 3. The average Bonchev–Trinajstić information content (AvgIpc) is 3.52. The number of carboxylic acids is 1. The third-order valence-electron chi connectivity index (χ3n) is 6.33. The maximum atomic E-state index is 12.6. The summed E-state index contributed by atoms with van der Waals surface area (Å²) in [7, 11) is -1.10. The lowest BCUT2D eigenvalue weighted by molar-refractivity contribution is -0.139. The van der Waals surface area contributed by atoms with Crippen molar-refractivity contribution in [2.75, 3.05) is 19.4 Å². The Morgan fingerprint density at radius 3 is 2.18 bits per heavy atom. The van der Waals surface area contributed by atoms with Gasteiger partial charge in [0.2, 0.25) is 5.91 Å². The van der Waals surface area contributed by atoms with Crippen LogP contribution in [-0.4, -0.2) is 57.5 Å². The molecule has 0 saturated heterocycles. The molecular weight excluding hydrogens is 444 g/mol. The van der Waals surface area contributed by atoms with Crippen LogP contribution in [-0.2, 0) is 25.1 Å². The number of amides is 2. The second kappa shape index (κ2) is 9.35. The van der Waals surface area contributed by atoms with Gasteiger partial charge in [-0.2, -0.15) is 0 Å². The number of aliphatic carboxylic acids is 1. The van der Waals surface area contributed by atoms with E-state index in [1.807, 2.05) is 48.5 Å². The molecule has 2 unspecified atom stereocenters. The minimum Gasteiger partial charge on any atom is -0.481 e. The first-order valence-electron chi connectivity index (χ1n) is 10.8. The van der Waals surface area contributed by atoms with Crippen molar-refractivity contribution in [1.29, 1.82) is 0 Å². The summed E-state index contributed by atoms with van der Waals surface area (Å²) in [5.74, 6) is -2.01. The van der Waals surface area contributed by atoms with E-state index in [1.165, 1.54) is 0 Å². The van der Waals surface area contributed by atoms with Crippen molar-refractivity contribution >= 4 is 28.8 Å². The standard InChI is InChI=1S/C24H26N2O6S/c1-33(31)24(10-11-24)14-25-22(29)20(12-21(27)28)26-23(30)32-13-19-17-8-4-2-6-15(17)16-7-3-5-9-18(16)19/h2-9,19-20H,10-14H2,1H3,(H,25,29)(H,26,30)(H,27,28). The molecule has 33 heavy (non-hydrogen) atoms. The maximum absolute atomic E-state index is 12.6. The predicted molar refractivity (Wildman–Crippen MR) is 123 cm³/mol. The number of ether oxygens (including phenoxy) is 1. The van der Waals surface area contributed by atoms with Crippen molar-refractivity contribution in [3.05, 3.63) is 59.7 Å². The van der Waals surface area contributed by atoms with Gasteiger partial charge < -0.3 is 20.5 Å². The lowest BCUT2D eigenvalue weighted by atomic mass is 9.98. The van der Waals surface area contributed by atoms with Crippen LogP contribution in [0, 0.1) is 0 Å². The van der Waals surface area contributed by atoms with E-state index < -0.39 is 46.0 Å². The van der Waals surface area contributed by atoms with E-state index in [2.05, 4.69) is 10.6 Å². The molecule has 174 valence electrons. The van der Waals surface area contributed by atoms with Gasteiger partial charge in [-0.15, -0.1) is 0 Å². The predicted octanol–water partition coefficient (Wildman–Crippen LogP) is 2.40. The molecule has 0 aromatic heterocycles. The number of nitrogens with one attached hydrogen (secondary N) is 2. The van der Waals surface area contributed by atoms with Gasteiger partial charge in [-0.25, -0.2) is 4.79 Å². The van der Waals surface area contributed by atoms with Crippen LogP contribution >= 0.6 is 0 Å². The van der Waals surface area contributed by atoms with Crippen LogP contribution in [0.3, 0.4) is 0 Å². The van der Waals surface area contributed by atoms with Crippen molar-refractivity contribution in [3.63, 3.8) is 0 Å². The number of carbonyl (C=O) groups is 3. The van der Waals surface area contributed by atoms with E-state index in [0.29, 0.717) is 0 Å². The summed E-state index contributed by atoms with van der Waals surface area (Å²) in [4.78, 5) is 36.3. The highest BCUT2D eigenvalue weighted by Gasteiger charge is 2.47. The van der Waals surface area contributed by atoms with E-state index in [4.69, 9.17) is 4.74 Å². The molecular formula is C24H26N2O6S. The Hall–Kier alpha value is -3.20. The van der Waals surface area contributed by atoms with Crippen molar-refractivity contribution in [3.8, 4) is 11.1 Å². The van der Waals surface area contributed by atoms with Crippen LogP contribution in [0.1, 0.15) is 36.3 Å². The minimum atomic E-state index is -1.29. The molecule has 2 aliphatic rings. The molecule has 9 heteroatoms. The van der Waals surface area contributed by atoms with Crippen molar-refractivity contribution in [2.24, 2.45) is 0 Å². The average molecular weight is 471 g/mol. The Bertz CT molecular complexity index is 1070. The Balaban J connectivity index is 1.38. The zero-order chi connectivity index (χ0) is 23.6. The number of alkyl carbamates (subject to hydrolysis) is 1. The maximum Gasteiger partial charge on any atom is 0.407 e. The van der Waals surface area contributed by atoms with Gasteiger partial charge in [-0.05, 0) is 35.1 Å². The molecule has 0 aliphatic heterocycles. The summed E-state index contributed by atoms with van der Waals surface area (Å²) in [5.41, 5.74) is 4.28. The highest BCUT2D eigenvalue weighted by Crippen LogP contribution is 2.44. The fraction of sp³-hybridized carbons (Fsp3) is 0.375. The van der Waals surface area contributed by atoms with Gasteiger partial charge in [-0.1, -0.05) is 48.5 Å². The molecule has 0 radical (unpaired) electrons. The zero-order valence-corrected chi connectivity index (χ0v) is 19.0. The molecule has 4 rings (SSSR count). The molecule has 1 saturated carbocycles. The van der Waals surface area contributed by atoms with Gasteiger partial charge in [0.25, 0.3) is 0 Å². The van der Waals surface area contributed by atoms with Gasteiger partial charge in [0.15, 0.2) is 0 Å². The number of fused-ring (bicyclic) bond motifs is 3. The van der Waals surface area contributed by atoms with Crippen LogP contribution in [0.2, 0.25) is 0 Å². The van der Waals surface area contributed by atoms with E-state index in [-0.39, 0.29) is 19.1 Å². The Morgan fingerprint density at radius 1 is 1.09 bits per heavy atom. The van der Waals surface area contributed by atoms with Crippen LogP contribution in [0.25, 0.3) is 11.1 Å². The molecule has 2 amide bonds. The molecule has 0 bridgehead atoms. The Morgan fingerprint density at radius 2 is 1.67 bits per heavy atom. The molecule has 0 heterocycles. The quantitative estimate of drug-likeness (QED) is 0.517. The SMILES string of the molecule is CS(=O)C1(CNC(=O)C(CC(=O)O)NC(=O)OCC2c3ccccc3-c3ccccc32)CC1. The van der Waals surface area contributed by atoms with E-state index in [1.54, 1.807) is 6.26 Å². The fourth-order valence-electron chi connectivity index (χ4n) is 4.24. The van der Waals surface area contributed by atoms with Crippen LogP contribution < -0.4 is 10.6 Å². The van der Waals surface area contributed by atoms with Crippen LogP contribution in [0.15, 0.2) is 48.5 Å². The molecule has 0 spiro atoms. The highest BCUT2D eigenvalue weighted by molar-refractivity contribution is 7.86. The molecule has 1 fully saturated rings. The van der Waals surface area contributed by atoms with Gasteiger partial charge >= 0.3 is 12.1 Å². The van der Waals surface area contributed by atoms with Gasteiger partial charge in [0.05, 0.1) is 11.2 Å². The van der Waals surface area contributed by atoms with E-state index in [0.717, 1.165) is 35.1 Å². The third-order valence-corrected chi connectivity index (χ3v) is 8.11. The summed E-state index contributed by atoms with van der Waals surface area (Å²) >= 11 is 0. The number of rotatable bonds is 9. The summed E-state index contributed by atoms with van der Waals surface area (Å²) in [6, 6.07) is 14.5. The van der Waals surface area contributed by atoms with Crippen molar-refractivity contribution < 1.29 is 28.4 Å². The fourth-order valence-corrected chi connectivity index (χ4v) is 5.20. The molecule has 2 atom stereocenters. The van der Waals surface area contributed by atoms with Crippen LogP contribution in [0.4, 0.5) is 4.79 Å². The molecule has 2 aromatic rings. The number of hydrogen-bond acceptors (Lipinski definition) is 5. The monoisotopic (exact) mass is 470 g/mol. The molecule has 8 nitrogen and oxygen atoms in total. The lowest BCUT2D eigenvalue weighted by Crippen LogP contribution is -2.50. The number of carboxylic acid groups (broad SMARTS) is 1. The summed E-state index contributed by atoms with van der Waals surface area (Å²) in [6.45, 7) is 0.233. The van der Waals surface area contributed by atoms with Gasteiger partial charge in [-0.3, -0.25) is 13.8 Å². The second-order valence-corrected chi connectivity index (χ2v) is 10.2. The smallest absolute Gasteiger partial charge is 0.407 e. The number of benzene rings is 2. The first-order chi connectivity index (χ1) is 15.8. The van der Waals surface area contributed by atoms with Crippen molar-refractivity contribution in [1.82, 2.24) is 10.6 Å². The lowest BCUT2D eigenvalue weighted by Gasteiger charge is -2.20. The zero-order valence-electron chi connectivity index (χ0n) is 18.2. The topological polar surface area (TPSA) is 122 Å². The van der Waals surface area contributed by atoms with Gasteiger partial charge in [0, 0.05) is 29.5 Å². The first-order valence-corrected chi connectivity index (χ1v) is 12.3. The second-order valence-electron chi connectivity index (χ2n) is 8.48. The molecule has 3 N–H and O–H groups in total. The Kier molecular flexibility index (Phi) is 6.51.